The number of para-hydroxylation sites is 1. The molecule has 1 amide bonds. The van der Waals surface area contributed by atoms with E-state index in [2.05, 4.69) is 28.5 Å². The lowest BCUT2D eigenvalue weighted by Crippen LogP contribution is -2.39. The molecule has 1 heterocycles. The lowest BCUT2D eigenvalue weighted by molar-refractivity contribution is -0.121. The van der Waals surface area contributed by atoms with Crippen molar-refractivity contribution in [3.63, 3.8) is 0 Å². The summed E-state index contributed by atoms with van der Waals surface area (Å²) in [4.78, 5) is 12.6. The van der Waals surface area contributed by atoms with Crippen LogP contribution in [0.2, 0.25) is 0 Å². The lowest BCUT2D eigenvalue weighted by Gasteiger charge is -2.19. The van der Waals surface area contributed by atoms with Crippen molar-refractivity contribution in [3.8, 4) is 5.69 Å². The molecule has 0 spiro atoms. The van der Waals surface area contributed by atoms with Crippen molar-refractivity contribution < 1.29 is 4.79 Å². The van der Waals surface area contributed by atoms with Gasteiger partial charge in [-0.15, -0.1) is 10.2 Å². The SMILES string of the molecule is Cc1ccccc1-n1cnnc1SC(C)C(=O)NC1CCCCCC1. The Labute approximate surface area is 153 Å². The highest BCUT2D eigenvalue weighted by Gasteiger charge is 2.22. The summed E-state index contributed by atoms with van der Waals surface area (Å²) in [7, 11) is 0. The number of nitrogens with zero attached hydrogens (tertiary/aromatic N) is 3. The maximum Gasteiger partial charge on any atom is 0.233 e. The quantitative estimate of drug-likeness (QED) is 0.650. The molecular formula is C19H26N4OS. The normalized spacial score (nSPS) is 17.0. The number of aryl methyl sites for hydroxylation is 1. The second kappa shape index (κ2) is 8.52. The second-order valence-electron chi connectivity index (χ2n) is 6.73. The van der Waals surface area contributed by atoms with Crippen LogP contribution in [0.15, 0.2) is 35.7 Å². The summed E-state index contributed by atoms with van der Waals surface area (Å²) in [5.41, 5.74) is 2.20. The van der Waals surface area contributed by atoms with Crippen LogP contribution >= 0.6 is 11.8 Å². The third-order valence-electron chi connectivity index (χ3n) is 4.74. The third-order valence-corrected chi connectivity index (χ3v) is 5.80. The molecule has 1 atom stereocenters. The molecule has 5 nitrogen and oxygen atoms in total. The first-order valence-corrected chi connectivity index (χ1v) is 9.96. The first kappa shape index (κ1) is 18.0. The van der Waals surface area contributed by atoms with Gasteiger partial charge in [-0.05, 0) is 38.3 Å². The number of amides is 1. The average Bonchev–Trinajstić information content (AvgIpc) is 2.90. The van der Waals surface area contributed by atoms with Crippen molar-refractivity contribution in [3.05, 3.63) is 36.2 Å². The van der Waals surface area contributed by atoms with E-state index < -0.39 is 0 Å². The molecule has 0 saturated heterocycles. The zero-order valence-electron chi connectivity index (χ0n) is 14.9. The van der Waals surface area contributed by atoms with Gasteiger partial charge in [-0.25, -0.2) is 0 Å². The molecular weight excluding hydrogens is 332 g/mol. The first-order chi connectivity index (χ1) is 12.1. The van der Waals surface area contributed by atoms with Gasteiger partial charge in [0, 0.05) is 6.04 Å². The van der Waals surface area contributed by atoms with Gasteiger partial charge in [0.2, 0.25) is 5.91 Å². The highest BCUT2D eigenvalue weighted by Crippen LogP contribution is 2.26. The smallest absolute Gasteiger partial charge is 0.233 e. The van der Waals surface area contributed by atoms with E-state index >= 15 is 0 Å². The monoisotopic (exact) mass is 358 g/mol. The van der Waals surface area contributed by atoms with Gasteiger partial charge in [0.15, 0.2) is 5.16 Å². The predicted molar refractivity (Wildman–Crippen MR) is 101 cm³/mol. The highest BCUT2D eigenvalue weighted by atomic mass is 32.2. The minimum atomic E-state index is -0.199. The van der Waals surface area contributed by atoms with Gasteiger partial charge in [0.05, 0.1) is 10.9 Å². The molecule has 1 aromatic carbocycles. The summed E-state index contributed by atoms with van der Waals surface area (Å²) in [5, 5.41) is 12.0. The fourth-order valence-electron chi connectivity index (χ4n) is 3.26. The molecule has 1 N–H and O–H groups in total. The minimum absolute atomic E-state index is 0.0937. The maximum absolute atomic E-state index is 12.6. The van der Waals surface area contributed by atoms with Crippen LogP contribution in [0, 0.1) is 6.92 Å². The van der Waals surface area contributed by atoms with Gasteiger partial charge >= 0.3 is 0 Å². The molecule has 0 radical (unpaired) electrons. The van der Waals surface area contributed by atoms with Crippen LogP contribution in [0.25, 0.3) is 5.69 Å². The predicted octanol–water partition coefficient (Wildman–Crippen LogP) is 3.90. The van der Waals surface area contributed by atoms with Crippen LogP contribution in [0.3, 0.4) is 0 Å². The maximum atomic E-state index is 12.6. The molecule has 3 rings (SSSR count). The molecule has 6 heteroatoms. The summed E-state index contributed by atoms with van der Waals surface area (Å²) in [6.07, 6.45) is 8.92. The fourth-order valence-corrected chi connectivity index (χ4v) is 4.10. The van der Waals surface area contributed by atoms with Crippen LogP contribution in [0.1, 0.15) is 51.0 Å². The van der Waals surface area contributed by atoms with E-state index in [4.69, 9.17) is 0 Å². The molecule has 1 fully saturated rings. The van der Waals surface area contributed by atoms with Gasteiger partial charge in [-0.3, -0.25) is 9.36 Å². The zero-order valence-corrected chi connectivity index (χ0v) is 15.8. The minimum Gasteiger partial charge on any atom is -0.352 e. The molecule has 1 unspecified atom stereocenters. The van der Waals surface area contributed by atoms with Crippen LogP contribution in [-0.4, -0.2) is 32.0 Å². The zero-order chi connectivity index (χ0) is 17.6. The largest absolute Gasteiger partial charge is 0.352 e. The Kier molecular flexibility index (Phi) is 6.13. The van der Waals surface area contributed by atoms with Crippen molar-refractivity contribution >= 4 is 17.7 Å². The Hall–Kier alpha value is -1.82. The molecule has 1 aromatic heterocycles. The number of benzene rings is 1. The van der Waals surface area contributed by atoms with E-state index in [1.54, 1.807) is 6.33 Å². The molecule has 1 aliphatic rings. The van der Waals surface area contributed by atoms with Gasteiger partial charge in [-0.2, -0.15) is 0 Å². The molecule has 2 aromatic rings. The third kappa shape index (κ3) is 4.63. The topological polar surface area (TPSA) is 59.8 Å². The molecule has 1 aliphatic carbocycles. The molecule has 134 valence electrons. The van der Waals surface area contributed by atoms with E-state index in [9.17, 15) is 4.79 Å². The second-order valence-corrected chi connectivity index (χ2v) is 8.04. The van der Waals surface area contributed by atoms with E-state index in [0.29, 0.717) is 6.04 Å². The molecule has 0 bridgehead atoms. The van der Waals surface area contributed by atoms with Gasteiger partial charge in [0.25, 0.3) is 0 Å². The number of carbonyl (C=O) groups is 1. The fraction of sp³-hybridized carbons (Fsp3) is 0.526. The van der Waals surface area contributed by atoms with Crippen molar-refractivity contribution in [1.29, 1.82) is 0 Å². The van der Waals surface area contributed by atoms with Gasteiger partial charge in [-0.1, -0.05) is 55.6 Å². The standard InChI is InChI=1S/C19H26N4OS/c1-14-9-7-8-12-17(14)23-13-20-22-19(23)25-15(2)18(24)21-16-10-5-3-4-6-11-16/h7-9,12-13,15-16H,3-6,10-11H2,1-2H3,(H,21,24). The highest BCUT2D eigenvalue weighted by molar-refractivity contribution is 8.00. The number of carbonyl (C=O) groups excluding carboxylic acids is 1. The Bertz CT molecular complexity index is 707. The van der Waals surface area contributed by atoms with Gasteiger partial charge in [0.1, 0.15) is 6.33 Å². The van der Waals surface area contributed by atoms with Crippen LogP contribution in [-0.2, 0) is 4.79 Å². The van der Waals surface area contributed by atoms with Crippen LogP contribution in [0.5, 0.6) is 0 Å². The van der Waals surface area contributed by atoms with Crippen molar-refractivity contribution in [1.82, 2.24) is 20.1 Å². The lowest BCUT2D eigenvalue weighted by atomic mass is 10.1. The van der Waals surface area contributed by atoms with Crippen LogP contribution < -0.4 is 5.32 Å². The Morgan fingerprint density at radius 2 is 1.96 bits per heavy atom. The summed E-state index contributed by atoms with van der Waals surface area (Å²) in [5.74, 6) is 0.0937. The van der Waals surface area contributed by atoms with Crippen LogP contribution in [0.4, 0.5) is 0 Å². The molecule has 0 aliphatic heterocycles. The van der Waals surface area contributed by atoms with Crippen molar-refractivity contribution in [2.45, 2.75) is 68.8 Å². The summed E-state index contributed by atoms with van der Waals surface area (Å²) in [6.45, 7) is 4.00. The average molecular weight is 359 g/mol. The van der Waals surface area contributed by atoms with Crippen molar-refractivity contribution in [2.24, 2.45) is 0 Å². The number of hydrogen-bond donors (Lipinski definition) is 1. The number of thioether (sulfide) groups is 1. The Morgan fingerprint density at radius 3 is 2.68 bits per heavy atom. The number of nitrogens with one attached hydrogen (secondary N) is 1. The van der Waals surface area contributed by atoms with E-state index in [0.717, 1.165) is 29.2 Å². The van der Waals surface area contributed by atoms with Crippen molar-refractivity contribution in [2.75, 3.05) is 0 Å². The number of rotatable bonds is 5. The summed E-state index contributed by atoms with van der Waals surface area (Å²) >= 11 is 1.46. The molecule has 25 heavy (non-hydrogen) atoms. The van der Waals surface area contributed by atoms with E-state index in [1.807, 2.05) is 29.7 Å². The Balaban J connectivity index is 1.65. The van der Waals surface area contributed by atoms with E-state index in [1.165, 1.54) is 37.4 Å². The number of hydrogen-bond acceptors (Lipinski definition) is 4. The summed E-state index contributed by atoms with van der Waals surface area (Å²) < 4.78 is 1.95. The molecule has 1 saturated carbocycles. The summed E-state index contributed by atoms with van der Waals surface area (Å²) in [6, 6.07) is 8.44. The number of aromatic nitrogens is 3. The first-order valence-electron chi connectivity index (χ1n) is 9.08. The Morgan fingerprint density at radius 1 is 1.24 bits per heavy atom. The van der Waals surface area contributed by atoms with Gasteiger partial charge < -0.3 is 5.32 Å². The van der Waals surface area contributed by atoms with E-state index in [-0.39, 0.29) is 11.2 Å².